The SMILES string of the molecule is C[C@@H]1CC[C@H]2[C@@H](C)C(OC/C=C\COC3O[C@H]4O[C@@]5(C)CC[C@H]6[C@H](C)CC[C@@H]([C@H]3C)[C@@]46OO5)O[C@H]3O[C@@]4(C)CC[C@@H]1[C@]32OO4. The fourth-order valence-corrected chi connectivity index (χ4v) is 10.6. The van der Waals surface area contributed by atoms with Gasteiger partial charge in [0.05, 0.1) is 13.2 Å². The van der Waals surface area contributed by atoms with Crippen LogP contribution in [0.4, 0.5) is 0 Å². The average Bonchev–Trinajstić information content (AvgIpc) is 3.37. The molecule has 0 amide bonds. The van der Waals surface area contributed by atoms with E-state index in [0.29, 0.717) is 36.9 Å². The molecule has 248 valence electrons. The normalized spacial score (nSPS) is 57.9. The van der Waals surface area contributed by atoms with Crippen molar-refractivity contribution >= 4 is 0 Å². The van der Waals surface area contributed by atoms with Crippen LogP contribution in [-0.2, 0) is 48.0 Å². The van der Waals surface area contributed by atoms with Crippen molar-refractivity contribution in [3.63, 3.8) is 0 Å². The summed E-state index contributed by atoms with van der Waals surface area (Å²) in [4.78, 5) is 24.4. The van der Waals surface area contributed by atoms with Crippen molar-refractivity contribution in [2.75, 3.05) is 13.2 Å². The highest BCUT2D eigenvalue weighted by atomic mass is 17.3. The first-order valence-corrected chi connectivity index (χ1v) is 17.4. The van der Waals surface area contributed by atoms with Gasteiger partial charge in [0.15, 0.2) is 36.4 Å². The minimum atomic E-state index is -0.785. The van der Waals surface area contributed by atoms with Gasteiger partial charge in [-0.05, 0) is 76.0 Å². The van der Waals surface area contributed by atoms with Gasteiger partial charge in [-0.3, -0.25) is 0 Å². The summed E-state index contributed by atoms with van der Waals surface area (Å²) in [7, 11) is 0. The topological polar surface area (TPSA) is 92.3 Å². The molecule has 10 aliphatic rings. The first-order valence-electron chi connectivity index (χ1n) is 17.4. The van der Waals surface area contributed by atoms with Crippen LogP contribution in [0.25, 0.3) is 0 Å². The van der Waals surface area contributed by atoms with Crippen LogP contribution in [0.5, 0.6) is 0 Å². The second-order valence-electron chi connectivity index (χ2n) is 15.7. The molecule has 10 fully saturated rings. The van der Waals surface area contributed by atoms with Crippen LogP contribution in [0.2, 0.25) is 0 Å². The van der Waals surface area contributed by atoms with Crippen molar-refractivity contribution in [1.82, 2.24) is 0 Å². The van der Waals surface area contributed by atoms with E-state index in [2.05, 4.69) is 27.7 Å². The first-order chi connectivity index (χ1) is 21.1. The van der Waals surface area contributed by atoms with Crippen LogP contribution < -0.4 is 0 Å². The molecule has 10 heteroatoms. The van der Waals surface area contributed by atoms with Gasteiger partial charge in [-0.1, -0.05) is 39.8 Å². The highest BCUT2D eigenvalue weighted by molar-refractivity contribution is 5.10. The summed E-state index contributed by atoms with van der Waals surface area (Å²) in [6, 6.07) is 0. The van der Waals surface area contributed by atoms with E-state index in [9.17, 15) is 0 Å². The largest absolute Gasteiger partial charge is 0.348 e. The molecule has 10 nitrogen and oxygen atoms in total. The number of fused-ring (bicyclic) bond motifs is 4. The Morgan fingerprint density at radius 2 is 1.00 bits per heavy atom. The predicted molar refractivity (Wildman–Crippen MR) is 155 cm³/mol. The van der Waals surface area contributed by atoms with Crippen LogP contribution in [-0.4, -0.2) is 61.2 Å². The Labute approximate surface area is 261 Å². The van der Waals surface area contributed by atoms with Crippen LogP contribution >= 0.6 is 0 Å². The van der Waals surface area contributed by atoms with Crippen LogP contribution in [0, 0.1) is 47.3 Å². The van der Waals surface area contributed by atoms with Crippen molar-refractivity contribution in [3.05, 3.63) is 12.2 Å². The lowest BCUT2D eigenvalue weighted by Gasteiger charge is -2.60. The molecule has 0 N–H and O–H groups in total. The number of rotatable bonds is 6. The molecule has 2 aliphatic carbocycles. The molecule has 0 aromatic heterocycles. The van der Waals surface area contributed by atoms with Crippen molar-refractivity contribution in [3.8, 4) is 0 Å². The van der Waals surface area contributed by atoms with E-state index in [-0.39, 0.29) is 36.3 Å². The molecule has 8 heterocycles. The Morgan fingerprint density at radius 1 is 0.568 bits per heavy atom. The van der Waals surface area contributed by atoms with Crippen LogP contribution in [0.15, 0.2) is 12.2 Å². The molecular weight excluding hydrogens is 568 g/mol. The molecule has 4 bridgehead atoms. The van der Waals surface area contributed by atoms with Crippen LogP contribution in [0.3, 0.4) is 0 Å². The highest BCUT2D eigenvalue weighted by Crippen LogP contribution is 2.62. The van der Waals surface area contributed by atoms with Gasteiger partial charge in [0.2, 0.25) is 11.6 Å². The Bertz CT molecular complexity index is 1040. The number of hydrogen-bond donors (Lipinski definition) is 0. The summed E-state index contributed by atoms with van der Waals surface area (Å²) in [5, 5.41) is 0. The first kappa shape index (κ1) is 30.7. The second-order valence-corrected chi connectivity index (χ2v) is 15.7. The van der Waals surface area contributed by atoms with E-state index in [1.165, 1.54) is 12.8 Å². The monoisotopic (exact) mass is 620 g/mol. The van der Waals surface area contributed by atoms with E-state index in [1.54, 1.807) is 0 Å². The third-order valence-electron chi connectivity index (χ3n) is 13.1. The minimum absolute atomic E-state index is 0.148. The Morgan fingerprint density at radius 3 is 1.43 bits per heavy atom. The summed E-state index contributed by atoms with van der Waals surface area (Å²) < 4.78 is 38.6. The van der Waals surface area contributed by atoms with Crippen molar-refractivity contribution in [1.29, 1.82) is 0 Å². The molecule has 8 saturated heterocycles. The molecule has 2 saturated carbocycles. The summed E-state index contributed by atoms with van der Waals surface area (Å²) in [5.41, 5.74) is -1.14. The van der Waals surface area contributed by atoms with E-state index in [0.717, 1.165) is 38.5 Å². The van der Waals surface area contributed by atoms with Crippen molar-refractivity contribution in [2.24, 2.45) is 47.3 Å². The molecule has 16 atom stereocenters. The fourth-order valence-electron chi connectivity index (χ4n) is 10.6. The van der Waals surface area contributed by atoms with Gasteiger partial charge in [0, 0.05) is 36.5 Å². The molecule has 2 unspecified atom stereocenters. The standard InChI is InChI=1S/C34H52O10/c1-19-9-11-25-21(3)27(37-29-33(25)23(19)13-15-31(5,39-29)41-43-33)35-17-7-8-18-36-28-22(4)26-12-10-20(2)24-14-16-32(6)40-30(38-28)34(24,26)44-42-32/h7-8,19-30H,9-18H2,1-6H3/b8-7-/t19-,20-,21-,22-,23+,24+,25+,26+,27?,28?,29+,30+,31-,32-,33-,34-/m1/s1. The Kier molecular flexibility index (Phi) is 7.62. The van der Waals surface area contributed by atoms with Gasteiger partial charge in [-0.15, -0.1) is 0 Å². The zero-order chi connectivity index (χ0) is 30.5. The van der Waals surface area contributed by atoms with Crippen molar-refractivity contribution in [2.45, 2.75) is 141 Å². The molecule has 2 spiro atoms. The van der Waals surface area contributed by atoms with Gasteiger partial charge in [0.25, 0.3) is 0 Å². The van der Waals surface area contributed by atoms with Gasteiger partial charge in [-0.2, -0.15) is 0 Å². The average molecular weight is 621 g/mol. The van der Waals surface area contributed by atoms with Gasteiger partial charge >= 0.3 is 0 Å². The predicted octanol–water partition coefficient (Wildman–Crippen LogP) is 5.99. The maximum absolute atomic E-state index is 6.54. The van der Waals surface area contributed by atoms with Gasteiger partial charge in [0.1, 0.15) is 0 Å². The molecule has 0 aromatic rings. The summed E-state index contributed by atoms with van der Waals surface area (Å²) >= 11 is 0. The molecule has 44 heavy (non-hydrogen) atoms. The molecule has 10 rings (SSSR count). The molecular formula is C34H52O10. The lowest BCUT2D eigenvalue weighted by Crippen LogP contribution is -2.70. The summed E-state index contributed by atoms with van der Waals surface area (Å²) in [6.07, 6.45) is 10.3. The number of ether oxygens (including phenoxy) is 6. The Hall–Kier alpha value is -0.660. The zero-order valence-electron chi connectivity index (χ0n) is 27.2. The van der Waals surface area contributed by atoms with Gasteiger partial charge in [-0.25, -0.2) is 19.6 Å². The van der Waals surface area contributed by atoms with E-state index >= 15 is 0 Å². The maximum Gasteiger partial charge on any atom is 0.201 e. The maximum atomic E-state index is 6.54. The van der Waals surface area contributed by atoms with Gasteiger partial charge < -0.3 is 28.4 Å². The van der Waals surface area contributed by atoms with Crippen LogP contribution in [0.1, 0.15) is 92.9 Å². The second kappa shape index (κ2) is 10.9. The minimum Gasteiger partial charge on any atom is -0.348 e. The summed E-state index contributed by atoms with van der Waals surface area (Å²) in [6.45, 7) is 13.8. The fraction of sp³-hybridized carbons (Fsp3) is 0.941. The molecule has 8 aliphatic heterocycles. The third kappa shape index (κ3) is 4.49. The molecule has 0 aromatic carbocycles. The van der Waals surface area contributed by atoms with E-state index in [1.807, 2.05) is 26.0 Å². The zero-order valence-corrected chi connectivity index (χ0v) is 27.2. The third-order valence-corrected chi connectivity index (χ3v) is 13.1. The number of hydrogen-bond acceptors (Lipinski definition) is 10. The Balaban J connectivity index is 0.888. The molecule has 0 radical (unpaired) electrons. The summed E-state index contributed by atoms with van der Waals surface area (Å²) in [5.74, 6) is 0.985. The lowest BCUT2D eigenvalue weighted by atomic mass is 9.58. The van der Waals surface area contributed by atoms with E-state index < -0.39 is 35.4 Å². The smallest absolute Gasteiger partial charge is 0.201 e. The lowest BCUT2D eigenvalue weighted by molar-refractivity contribution is -0.577. The van der Waals surface area contributed by atoms with Crippen molar-refractivity contribution < 1.29 is 48.0 Å². The van der Waals surface area contributed by atoms with E-state index in [4.69, 9.17) is 48.0 Å². The highest BCUT2D eigenvalue weighted by Gasteiger charge is 2.71. The quantitative estimate of drug-likeness (QED) is 0.260.